The zero-order valence-corrected chi connectivity index (χ0v) is 19.2. The summed E-state index contributed by atoms with van der Waals surface area (Å²) in [5.41, 5.74) is 2.60. The minimum Gasteiger partial charge on any atom is -0.304 e. The fourth-order valence-corrected chi connectivity index (χ4v) is 4.93. The molecule has 0 unspecified atom stereocenters. The molecule has 0 amide bonds. The summed E-state index contributed by atoms with van der Waals surface area (Å²) in [5.74, 6) is 1.66. The van der Waals surface area contributed by atoms with E-state index in [2.05, 4.69) is 62.2 Å². The minimum atomic E-state index is 0.486. The van der Waals surface area contributed by atoms with Crippen LogP contribution < -0.4 is 0 Å². The van der Waals surface area contributed by atoms with Gasteiger partial charge in [-0.25, -0.2) is 4.98 Å². The molecule has 0 saturated heterocycles. The van der Waals surface area contributed by atoms with Crippen LogP contribution in [0.2, 0.25) is 0 Å². The molecule has 0 bridgehead atoms. The zero-order valence-electron chi connectivity index (χ0n) is 17.5. The van der Waals surface area contributed by atoms with Crippen molar-refractivity contribution in [2.45, 2.75) is 70.7 Å². The van der Waals surface area contributed by atoms with Gasteiger partial charge in [0.1, 0.15) is 0 Å². The van der Waals surface area contributed by atoms with E-state index >= 15 is 0 Å². The van der Waals surface area contributed by atoms with Crippen molar-refractivity contribution in [3.63, 3.8) is 0 Å². The Morgan fingerprint density at radius 1 is 1.04 bits per heavy atom. The van der Waals surface area contributed by atoms with Gasteiger partial charge in [-0.3, -0.25) is 0 Å². The molecule has 2 aromatic heterocycles. The number of aromatic nitrogens is 1. The number of hydrogen-bond donors (Lipinski definition) is 0. The third kappa shape index (κ3) is 7.97. The predicted octanol–water partition coefficient (Wildman–Crippen LogP) is 6.85. The molecule has 0 aliphatic rings. The number of thiophene rings is 1. The van der Waals surface area contributed by atoms with Gasteiger partial charge in [0.25, 0.3) is 0 Å². The summed E-state index contributed by atoms with van der Waals surface area (Å²) in [4.78, 5) is 8.94. The summed E-state index contributed by atoms with van der Waals surface area (Å²) in [5, 5.41) is 3.41. The number of rotatable bonds is 13. The average molecular weight is 405 g/mol. The molecule has 2 rings (SSSR count). The SMILES string of the molecule is CCN(CC)CCCCCCSc1nc(C(C)C)ccc1Cc1cccs1. The lowest BCUT2D eigenvalue weighted by Gasteiger charge is -2.17. The second-order valence-corrected chi connectivity index (χ2v) is 9.52. The monoisotopic (exact) mass is 404 g/mol. The van der Waals surface area contributed by atoms with E-state index in [-0.39, 0.29) is 0 Å². The highest BCUT2D eigenvalue weighted by molar-refractivity contribution is 7.99. The first kappa shape index (κ1) is 22.4. The zero-order chi connectivity index (χ0) is 19.5. The lowest BCUT2D eigenvalue weighted by Crippen LogP contribution is -2.23. The van der Waals surface area contributed by atoms with Gasteiger partial charge in [-0.2, -0.15) is 0 Å². The second kappa shape index (κ2) is 12.6. The number of thioether (sulfide) groups is 1. The Morgan fingerprint density at radius 3 is 2.48 bits per heavy atom. The van der Waals surface area contributed by atoms with Crippen LogP contribution in [-0.4, -0.2) is 35.3 Å². The minimum absolute atomic E-state index is 0.486. The van der Waals surface area contributed by atoms with Crippen molar-refractivity contribution < 1.29 is 0 Å². The molecule has 0 N–H and O–H groups in total. The van der Waals surface area contributed by atoms with Gasteiger partial charge in [-0.15, -0.1) is 23.1 Å². The van der Waals surface area contributed by atoms with Crippen LogP contribution in [0.3, 0.4) is 0 Å². The van der Waals surface area contributed by atoms with Crippen molar-refractivity contribution >= 4 is 23.1 Å². The standard InChI is InChI=1S/C23H36N2S2/c1-5-25(6-2)15-9-7-8-10-16-27-23-20(18-21-12-11-17-26-21)13-14-22(24-23)19(3)4/h11-14,17,19H,5-10,15-16,18H2,1-4H3. The quantitative estimate of drug-likeness (QED) is 0.268. The van der Waals surface area contributed by atoms with Crippen molar-refractivity contribution in [1.29, 1.82) is 0 Å². The third-order valence-corrected chi connectivity index (χ3v) is 6.99. The van der Waals surface area contributed by atoms with Gasteiger partial charge in [-0.05, 0) is 67.2 Å². The normalized spacial score (nSPS) is 11.6. The molecule has 0 saturated carbocycles. The molecule has 0 radical (unpaired) electrons. The highest BCUT2D eigenvalue weighted by Gasteiger charge is 2.10. The number of unbranched alkanes of at least 4 members (excludes halogenated alkanes) is 3. The molecule has 0 atom stereocenters. The van der Waals surface area contributed by atoms with Crippen LogP contribution in [0.1, 0.15) is 75.4 Å². The fraction of sp³-hybridized carbons (Fsp3) is 0.609. The lowest BCUT2D eigenvalue weighted by molar-refractivity contribution is 0.296. The Labute approximate surface area is 174 Å². The second-order valence-electron chi connectivity index (χ2n) is 7.40. The molecular weight excluding hydrogens is 368 g/mol. The van der Waals surface area contributed by atoms with Crippen molar-refractivity contribution in [1.82, 2.24) is 9.88 Å². The van der Waals surface area contributed by atoms with Gasteiger partial charge in [-0.1, -0.05) is 52.7 Å². The van der Waals surface area contributed by atoms with E-state index in [4.69, 9.17) is 4.98 Å². The predicted molar refractivity (Wildman–Crippen MR) is 122 cm³/mol. The van der Waals surface area contributed by atoms with Gasteiger partial charge < -0.3 is 4.90 Å². The van der Waals surface area contributed by atoms with E-state index in [1.165, 1.54) is 72.2 Å². The topological polar surface area (TPSA) is 16.1 Å². The van der Waals surface area contributed by atoms with E-state index < -0.39 is 0 Å². The van der Waals surface area contributed by atoms with Crippen LogP contribution in [0.5, 0.6) is 0 Å². The summed E-state index contributed by atoms with van der Waals surface area (Å²) in [6.07, 6.45) is 6.30. The third-order valence-electron chi connectivity index (χ3n) is 5.00. The van der Waals surface area contributed by atoms with Crippen LogP contribution in [0.4, 0.5) is 0 Å². The largest absolute Gasteiger partial charge is 0.304 e. The molecule has 2 aromatic rings. The Morgan fingerprint density at radius 2 is 1.81 bits per heavy atom. The molecule has 150 valence electrons. The molecule has 0 fully saturated rings. The van der Waals surface area contributed by atoms with Crippen molar-refractivity contribution in [3.8, 4) is 0 Å². The first-order chi connectivity index (χ1) is 13.1. The van der Waals surface area contributed by atoms with Gasteiger partial charge in [0.2, 0.25) is 0 Å². The molecule has 0 spiro atoms. The number of nitrogens with zero attached hydrogens (tertiary/aromatic N) is 2. The van der Waals surface area contributed by atoms with Crippen LogP contribution in [-0.2, 0) is 6.42 Å². The highest BCUT2D eigenvalue weighted by Crippen LogP contribution is 2.27. The molecule has 27 heavy (non-hydrogen) atoms. The molecular formula is C23H36N2S2. The summed E-state index contributed by atoms with van der Waals surface area (Å²) >= 11 is 3.80. The molecule has 0 aromatic carbocycles. The first-order valence-electron chi connectivity index (χ1n) is 10.5. The number of pyridine rings is 1. The smallest absolute Gasteiger partial charge is 0.0998 e. The van der Waals surface area contributed by atoms with E-state index in [1.54, 1.807) is 0 Å². The molecule has 2 heterocycles. The molecule has 0 aliphatic carbocycles. The maximum Gasteiger partial charge on any atom is 0.0998 e. The van der Waals surface area contributed by atoms with Crippen molar-refractivity contribution in [3.05, 3.63) is 45.8 Å². The van der Waals surface area contributed by atoms with Crippen molar-refractivity contribution in [2.24, 2.45) is 0 Å². The van der Waals surface area contributed by atoms with Crippen LogP contribution in [0.25, 0.3) is 0 Å². The van der Waals surface area contributed by atoms with E-state index in [9.17, 15) is 0 Å². The van der Waals surface area contributed by atoms with Crippen LogP contribution in [0, 0.1) is 0 Å². The fourth-order valence-electron chi connectivity index (χ4n) is 3.17. The Bertz CT molecular complexity index is 634. The lowest BCUT2D eigenvalue weighted by atomic mass is 10.1. The van der Waals surface area contributed by atoms with Gasteiger partial charge in [0.05, 0.1) is 5.03 Å². The Kier molecular flexibility index (Phi) is 10.5. The van der Waals surface area contributed by atoms with Crippen LogP contribution >= 0.6 is 23.1 Å². The van der Waals surface area contributed by atoms with Gasteiger partial charge in [0, 0.05) is 17.0 Å². The van der Waals surface area contributed by atoms with Crippen LogP contribution in [0.15, 0.2) is 34.7 Å². The van der Waals surface area contributed by atoms with E-state index in [0.717, 1.165) is 6.42 Å². The maximum atomic E-state index is 4.99. The van der Waals surface area contributed by atoms with Gasteiger partial charge in [0.15, 0.2) is 0 Å². The highest BCUT2D eigenvalue weighted by atomic mass is 32.2. The van der Waals surface area contributed by atoms with E-state index in [1.807, 2.05) is 23.1 Å². The Balaban J connectivity index is 1.82. The number of hydrogen-bond acceptors (Lipinski definition) is 4. The average Bonchev–Trinajstić information content (AvgIpc) is 3.18. The summed E-state index contributed by atoms with van der Waals surface area (Å²) < 4.78 is 0. The molecule has 0 aliphatic heterocycles. The summed E-state index contributed by atoms with van der Waals surface area (Å²) in [6.45, 7) is 12.6. The molecule has 2 nitrogen and oxygen atoms in total. The first-order valence-corrected chi connectivity index (χ1v) is 12.4. The van der Waals surface area contributed by atoms with E-state index in [0.29, 0.717) is 5.92 Å². The maximum absolute atomic E-state index is 4.99. The summed E-state index contributed by atoms with van der Waals surface area (Å²) in [7, 11) is 0. The van der Waals surface area contributed by atoms with Crippen molar-refractivity contribution in [2.75, 3.05) is 25.4 Å². The van der Waals surface area contributed by atoms with Gasteiger partial charge >= 0.3 is 0 Å². The Hall–Kier alpha value is -0.840. The molecule has 4 heteroatoms. The summed E-state index contributed by atoms with van der Waals surface area (Å²) in [6, 6.07) is 8.88.